The number of carbonyl (C=O) groups excluding carboxylic acids is 1. The number of para-hydroxylation sites is 3. The van der Waals surface area contributed by atoms with Crippen LogP contribution in [0.1, 0.15) is 17.0 Å². The third-order valence-electron chi connectivity index (χ3n) is 4.57. The second-order valence-electron chi connectivity index (χ2n) is 6.62. The van der Waals surface area contributed by atoms with Crippen LogP contribution in [0.4, 0.5) is 0 Å². The molecule has 0 fully saturated rings. The fourth-order valence-electron chi connectivity index (χ4n) is 3.16. The number of fused-ring (bicyclic) bond motifs is 1. The highest BCUT2D eigenvalue weighted by Gasteiger charge is 2.13. The molecule has 1 heterocycles. The summed E-state index contributed by atoms with van der Waals surface area (Å²) in [7, 11) is 0. The van der Waals surface area contributed by atoms with Crippen LogP contribution in [0.2, 0.25) is 0 Å². The van der Waals surface area contributed by atoms with E-state index in [0.29, 0.717) is 12.0 Å². The minimum Gasteiger partial charge on any atom is -0.507 e. The van der Waals surface area contributed by atoms with Gasteiger partial charge < -0.3 is 9.67 Å². The molecule has 0 saturated heterocycles. The number of nitrogens with one attached hydrogen (secondary N) is 1. The molecule has 4 rings (SSSR count). The Bertz CT molecular complexity index is 1170. The number of nitrogens with zero attached hydrogens (tertiary/aromatic N) is 3. The molecular weight excluding hydrogens is 364 g/mol. The van der Waals surface area contributed by atoms with E-state index in [0.717, 1.165) is 22.4 Å². The summed E-state index contributed by atoms with van der Waals surface area (Å²) in [4.78, 5) is 17.2. The van der Waals surface area contributed by atoms with Gasteiger partial charge in [0.25, 0.3) is 5.91 Å². The van der Waals surface area contributed by atoms with E-state index in [1.807, 2.05) is 59.2 Å². The molecule has 0 radical (unpaired) electrons. The normalized spacial score (nSPS) is 11.2. The average molecular weight is 384 g/mol. The predicted molar refractivity (Wildman–Crippen MR) is 113 cm³/mol. The molecular formula is C23H20N4O2. The van der Waals surface area contributed by atoms with Crippen molar-refractivity contribution in [3.05, 3.63) is 95.8 Å². The Balaban J connectivity index is 1.54. The first-order valence-corrected chi connectivity index (χ1v) is 9.28. The van der Waals surface area contributed by atoms with E-state index in [1.165, 1.54) is 6.21 Å². The maximum absolute atomic E-state index is 12.5. The van der Waals surface area contributed by atoms with Gasteiger partial charge in [0.05, 0.1) is 17.2 Å². The molecule has 1 amide bonds. The maximum Gasteiger partial charge on any atom is 0.260 e. The molecule has 29 heavy (non-hydrogen) atoms. The molecule has 4 aromatic rings. The number of phenols is 1. The standard InChI is InChI=1S/C23H20N4O2/c28-21-13-7-4-10-18(21)15-24-26-23(29)16-27-20-12-6-5-11-19(20)25-22(27)14-17-8-2-1-3-9-17/h1-13,15,28H,14,16H2,(H,26,29). The zero-order valence-corrected chi connectivity index (χ0v) is 15.7. The first kappa shape index (κ1) is 18.4. The van der Waals surface area contributed by atoms with Crippen molar-refractivity contribution in [2.24, 2.45) is 5.10 Å². The highest BCUT2D eigenvalue weighted by Crippen LogP contribution is 2.18. The second-order valence-corrected chi connectivity index (χ2v) is 6.62. The van der Waals surface area contributed by atoms with Crippen molar-refractivity contribution in [3.63, 3.8) is 0 Å². The Kier molecular flexibility index (Phi) is 5.33. The summed E-state index contributed by atoms with van der Waals surface area (Å²) < 4.78 is 1.91. The Hall–Kier alpha value is -3.93. The van der Waals surface area contributed by atoms with Crippen molar-refractivity contribution in [1.29, 1.82) is 0 Å². The van der Waals surface area contributed by atoms with Gasteiger partial charge in [-0.25, -0.2) is 10.4 Å². The number of benzene rings is 3. The van der Waals surface area contributed by atoms with E-state index in [4.69, 9.17) is 4.98 Å². The van der Waals surface area contributed by atoms with Crippen LogP contribution in [0.5, 0.6) is 5.75 Å². The molecule has 0 aliphatic heterocycles. The Morgan fingerprint density at radius 2 is 1.72 bits per heavy atom. The quantitative estimate of drug-likeness (QED) is 0.395. The fraction of sp³-hybridized carbons (Fsp3) is 0.0870. The third kappa shape index (κ3) is 4.32. The molecule has 0 bridgehead atoms. The second kappa shape index (κ2) is 8.39. The zero-order chi connectivity index (χ0) is 20.1. The first-order valence-electron chi connectivity index (χ1n) is 9.28. The van der Waals surface area contributed by atoms with Crippen LogP contribution in [0.3, 0.4) is 0 Å². The SMILES string of the molecule is O=C(Cn1c(Cc2ccccc2)nc2ccccc21)NN=Cc1ccccc1O. The van der Waals surface area contributed by atoms with Crippen molar-refractivity contribution in [2.75, 3.05) is 0 Å². The molecule has 6 heteroatoms. The molecule has 6 nitrogen and oxygen atoms in total. The molecule has 0 saturated carbocycles. The van der Waals surface area contributed by atoms with Crippen molar-refractivity contribution in [3.8, 4) is 5.75 Å². The van der Waals surface area contributed by atoms with E-state index >= 15 is 0 Å². The number of phenolic OH excluding ortho intramolecular Hbond substituents is 1. The van der Waals surface area contributed by atoms with Crippen LogP contribution in [0.15, 0.2) is 84.0 Å². The smallest absolute Gasteiger partial charge is 0.260 e. The third-order valence-corrected chi connectivity index (χ3v) is 4.57. The maximum atomic E-state index is 12.5. The summed E-state index contributed by atoms with van der Waals surface area (Å²) >= 11 is 0. The summed E-state index contributed by atoms with van der Waals surface area (Å²) in [6.07, 6.45) is 2.05. The number of hydrogen-bond donors (Lipinski definition) is 2. The predicted octanol–water partition coefficient (Wildman–Crippen LogP) is 3.48. The van der Waals surface area contributed by atoms with Crippen molar-refractivity contribution in [2.45, 2.75) is 13.0 Å². The molecule has 1 aromatic heterocycles. The number of hydrogen-bond acceptors (Lipinski definition) is 4. The van der Waals surface area contributed by atoms with Gasteiger partial charge in [-0.3, -0.25) is 4.79 Å². The lowest BCUT2D eigenvalue weighted by atomic mass is 10.1. The van der Waals surface area contributed by atoms with Crippen molar-refractivity contribution < 1.29 is 9.90 Å². The molecule has 144 valence electrons. The Morgan fingerprint density at radius 3 is 2.55 bits per heavy atom. The van der Waals surface area contributed by atoms with Gasteiger partial charge in [0, 0.05) is 12.0 Å². The first-order chi connectivity index (χ1) is 14.2. The van der Waals surface area contributed by atoms with Gasteiger partial charge in [-0.2, -0.15) is 5.10 Å². The van der Waals surface area contributed by atoms with E-state index < -0.39 is 0 Å². The number of amides is 1. The van der Waals surface area contributed by atoms with Gasteiger partial charge in [-0.15, -0.1) is 0 Å². The summed E-state index contributed by atoms with van der Waals surface area (Å²) in [6.45, 7) is 0.0980. The molecule has 0 atom stereocenters. The molecule has 0 aliphatic rings. The summed E-state index contributed by atoms with van der Waals surface area (Å²) in [6, 6.07) is 24.6. The number of carbonyl (C=O) groups is 1. The molecule has 0 spiro atoms. The van der Waals surface area contributed by atoms with Crippen LogP contribution in [-0.2, 0) is 17.8 Å². The highest BCUT2D eigenvalue weighted by molar-refractivity contribution is 5.85. The Morgan fingerprint density at radius 1 is 1.00 bits per heavy atom. The van der Waals surface area contributed by atoms with Crippen LogP contribution >= 0.6 is 0 Å². The van der Waals surface area contributed by atoms with E-state index in [9.17, 15) is 9.90 Å². The van der Waals surface area contributed by atoms with Gasteiger partial charge in [-0.1, -0.05) is 54.6 Å². The molecule has 0 unspecified atom stereocenters. The summed E-state index contributed by atoms with van der Waals surface area (Å²) in [5, 5.41) is 13.7. The van der Waals surface area contributed by atoms with Gasteiger partial charge in [-0.05, 0) is 29.8 Å². The zero-order valence-electron chi connectivity index (χ0n) is 15.7. The van der Waals surface area contributed by atoms with Crippen molar-refractivity contribution >= 4 is 23.2 Å². The van der Waals surface area contributed by atoms with E-state index in [2.05, 4.69) is 10.5 Å². The fourth-order valence-corrected chi connectivity index (χ4v) is 3.16. The monoisotopic (exact) mass is 384 g/mol. The van der Waals surface area contributed by atoms with Gasteiger partial charge in [0.15, 0.2) is 0 Å². The van der Waals surface area contributed by atoms with Crippen LogP contribution < -0.4 is 5.43 Å². The lowest BCUT2D eigenvalue weighted by molar-refractivity contribution is -0.121. The number of imidazole rings is 1. The van der Waals surface area contributed by atoms with E-state index in [1.54, 1.807) is 24.3 Å². The number of rotatable bonds is 6. The van der Waals surface area contributed by atoms with E-state index in [-0.39, 0.29) is 18.2 Å². The largest absolute Gasteiger partial charge is 0.507 e. The summed E-state index contributed by atoms with van der Waals surface area (Å²) in [5.41, 5.74) is 5.94. The lowest BCUT2D eigenvalue weighted by Crippen LogP contribution is -2.24. The van der Waals surface area contributed by atoms with Crippen molar-refractivity contribution in [1.82, 2.24) is 15.0 Å². The minimum absolute atomic E-state index is 0.0980. The van der Waals surface area contributed by atoms with Gasteiger partial charge in [0.2, 0.25) is 0 Å². The molecule has 2 N–H and O–H groups in total. The van der Waals surface area contributed by atoms with Gasteiger partial charge in [0.1, 0.15) is 18.1 Å². The molecule has 3 aromatic carbocycles. The van der Waals surface area contributed by atoms with Gasteiger partial charge >= 0.3 is 0 Å². The Labute approximate surface area is 168 Å². The van der Waals surface area contributed by atoms with Crippen LogP contribution in [-0.4, -0.2) is 26.8 Å². The van der Waals surface area contributed by atoms with Crippen LogP contribution in [0, 0.1) is 0 Å². The highest BCUT2D eigenvalue weighted by atomic mass is 16.3. The minimum atomic E-state index is -0.269. The number of aromatic nitrogens is 2. The number of aromatic hydroxyl groups is 1. The molecule has 0 aliphatic carbocycles. The summed E-state index contributed by atoms with van der Waals surface area (Å²) in [5.74, 6) is 0.655. The number of hydrazone groups is 1. The topological polar surface area (TPSA) is 79.5 Å². The van der Waals surface area contributed by atoms with Crippen LogP contribution in [0.25, 0.3) is 11.0 Å². The average Bonchev–Trinajstić information content (AvgIpc) is 3.07. The lowest BCUT2D eigenvalue weighted by Gasteiger charge is -2.08.